The van der Waals surface area contributed by atoms with Crippen LogP contribution in [-0.4, -0.2) is 35.3 Å². The molecule has 0 aromatic heterocycles. The maximum atomic E-state index is 12.5. The van der Waals surface area contributed by atoms with E-state index >= 15 is 0 Å². The van der Waals surface area contributed by atoms with E-state index < -0.39 is 0 Å². The predicted molar refractivity (Wildman–Crippen MR) is 79.2 cm³/mol. The SMILES string of the molecule is CCCCCCCN1C(=O)C(CC)NC(=O)C1C1CC1. The summed E-state index contributed by atoms with van der Waals surface area (Å²) in [6.07, 6.45) is 8.78. The maximum absolute atomic E-state index is 12.5. The van der Waals surface area contributed by atoms with Crippen molar-refractivity contribution in [3.8, 4) is 0 Å². The van der Waals surface area contributed by atoms with Crippen LogP contribution in [-0.2, 0) is 9.59 Å². The van der Waals surface area contributed by atoms with E-state index in [1.54, 1.807) is 0 Å². The molecule has 1 heterocycles. The van der Waals surface area contributed by atoms with E-state index in [4.69, 9.17) is 0 Å². The second-order valence-corrected chi connectivity index (χ2v) is 6.20. The van der Waals surface area contributed by atoms with Crippen LogP contribution in [0.25, 0.3) is 0 Å². The quantitative estimate of drug-likeness (QED) is 0.694. The lowest BCUT2D eigenvalue weighted by molar-refractivity contribution is -0.150. The molecule has 0 aromatic rings. The van der Waals surface area contributed by atoms with Gasteiger partial charge in [-0.05, 0) is 31.6 Å². The molecule has 2 unspecified atom stereocenters. The van der Waals surface area contributed by atoms with Gasteiger partial charge in [0.1, 0.15) is 12.1 Å². The number of hydrogen-bond donors (Lipinski definition) is 1. The molecule has 2 aliphatic rings. The average Bonchev–Trinajstić information content (AvgIpc) is 3.26. The van der Waals surface area contributed by atoms with Gasteiger partial charge in [0.25, 0.3) is 0 Å². The maximum Gasteiger partial charge on any atom is 0.245 e. The highest BCUT2D eigenvalue weighted by molar-refractivity contribution is 5.97. The third kappa shape index (κ3) is 3.53. The zero-order valence-corrected chi connectivity index (χ0v) is 12.9. The van der Waals surface area contributed by atoms with E-state index in [1.807, 2.05) is 11.8 Å². The van der Waals surface area contributed by atoms with Crippen molar-refractivity contribution >= 4 is 11.8 Å². The molecule has 4 nitrogen and oxygen atoms in total. The Balaban J connectivity index is 1.92. The van der Waals surface area contributed by atoms with Crippen LogP contribution in [0.4, 0.5) is 0 Å². The Labute approximate surface area is 122 Å². The topological polar surface area (TPSA) is 49.4 Å². The second-order valence-electron chi connectivity index (χ2n) is 6.20. The zero-order valence-electron chi connectivity index (χ0n) is 12.9. The molecule has 0 spiro atoms. The first-order valence-corrected chi connectivity index (χ1v) is 8.29. The van der Waals surface area contributed by atoms with Gasteiger partial charge in [-0.3, -0.25) is 9.59 Å². The fourth-order valence-corrected chi connectivity index (χ4v) is 3.09. The van der Waals surface area contributed by atoms with Gasteiger partial charge in [0.2, 0.25) is 11.8 Å². The summed E-state index contributed by atoms with van der Waals surface area (Å²) in [6, 6.07) is -0.482. The molecule has 0 bridgehead atoms. The summed E-state index contributed by atoms with van der Waals surface area (Å²) in [5, 5.41) is 2.90. The van der Waals surface area contributed by atoms with Crippen molar-refractivity contribution in [2.45, 2.75) is 77.3 Å². The highest BCUT2D eigenvalue weighted by atomic mass is 16.2. The van der Waals surface area contributed by atoms with E-state index in [0.29, 0.717) is 12.3 Å². The van der Waals surface area contributed by atoms with Gasteiger partial charge >= 0.3 is 0 Å². The molecule has 2 atom stereocenters. The normalized spacial score (nSPS) is 26.8. The van der Waals surface area contributed by atoms with E-state index in [-0.39, 0.29) is 23.9 Å². The number of nitrogens with one attached hydrogen (secondary N) is 1. The number of hydrogen-bond acceptors (Lipinski definition) is 2. The van der Waals surface area contributed by atoms with E-state index in [9.17, 15) is 9.59 Å². The van der Waals surface area contributed by atoms with Crippen LogP contribution in [0.15, 0.2) is 0 Å². The van der Waals surface area contributed by atoms with E-state index in [0.717, 1.165) is 32.2 Å². The largest absolute Gasteiger partial charge is 0.343 e. The molecule has 0 aromatic carbocycles. The van der Waals surface area contributed by atoms with Crippen LogP contribution >= 0.6 is 0 Å². The molecule has 114 valence electrons. The molecule has 1 saturated heterocycles. The smallest absolute Gasteiger partial charge is 0.245 e. The van der Waals surface area contributed by atoms with Gasteiger partial charge < -0.3 is 10.2 Å². The van der Waals surface area contributed by atoms with Crippen molar-refractivity contribution in [3.05, 3.63) is 0 Å². The van der Waals surface area contributed by atoms with Gasteiger partial charge in [-0.2, -0.15) is 0 Å². The lowest BCUT2D eigenvalue weighted by atomic mass is 10.0. The first-order chi connectivity index (χ1) is 9.69. The van der Waals surface area contributed by atoms with Crippen molar-refractivity contribution in [1.82, 2.24) is 10.2 Å². The molecule has 2 fully saturated rings. The third-order valence-electron chi connectivity index (χ3n) is 4.48. The Morgan fingerprint density at radius 2 is 1.80 bits per heavy atom. The minimum absolute atomic E-state index is 0.0764. The molecule has 1 saturated carbocycles. The highest BCUT2D eigenvalue weighted by Crippen LogP contribution is 2.37. The Morgan fingerprint density at radius 1 is 1.10 bits per heavy atom. The van der Waals surface area contributed by atoms with Crippen LogP contribution in [0.1, 0.15) is 65.2 Å². The molecule has 1 aliphatic carbocycles. The monoisotopic (exact) mass is 280 g/mol. The van der Waals surface area contributed by atoms with Crippen LogP contribution in [0.3, 0.4) is 0 Å². The molecular formula is C16H28N2O2. The predicted octanol–water partition coefficient (Wildman–Crippen LogP) is 2.47. The summed E-state index contributed by atoms with van der Waals surface area (Å²) in [7, 11) is 0. The first-order valence-electron chi connectivity index (χ1n) is 8.29. The molecule has 20 heavy (non-hydrogen) atoms. The number of unbranched alkanes of at least 4 members (excludes halogenated alkanes) is 4. The average molecular weight is 280 g/mol. The Morgan fingerprint density at radius 3 is 2.40 bits per heavy atom. The fourth-order valence-electron chi connectivity index (χ4n) is 3.09. The van der Waals surface area contributed by atoms with Gasteiger partial charge in [-0.1, -0.05) is 39.5 Å². The number of carbonyl (C=O) groups excluding carboxylic acids is 2. The summed E-state index contributed by atoms with van der Waals surface area (Å²) in [5.74, 6) is 0.624. The zero-order chi connectivity index (χ0) is 14.5. The first kappa shape index (κ1) is 15.3. The van der Waals surface area contributed by atoms with Crippen molar-refractivity contribution in [2.24, 2.45) is 5.92 Å². The molecule has 1 N–H and O–H groups in total. The number of nitrogens with zero attached hydrogens (tertiary/aromatic N) is 1. The van der Waals surface area contributed by atoms with Crippen molar-refractivity contribution < 1.29 is 9.59 Å². The highest BCUT2D eigenvalue weighted by Gasteiger charge is 2.46. The second kappa shape index (κ2) is 7.09. The lowest BCUT2D eigenvalue weighted by Gasteiger charge is -2.39. The number of rotatable bonds is 8. The minimum Gasteiger partial charge on any atom is -0.343 e. The van der Waals surface area contributed by atoms with Gasteiger partial charge in [0.05, 0.1) is 0 Å². The minimum atomic E-state index is -0.298. The Hall–Kier alpha value is -1.06. The lowest BCUT2D eigenvalue weighted by Crippen LogP contribution is -2.64. The van der Waals surface area contributed by atoms with Crippen LogP contribution in [0.5, 0.6) is 0 Å². The summed E-state index contributed by atoms with van der Waals surface area (Å²) < 4.78 is 0. The molecule has 4 heteroatoms. The molecule has 2 rings (SSSR count). The van der Waals surface area contributed by atoms with Crippen molar-refractivity contribution in [2.75, 3.05) is 6.54 Å². The van der Waals surface area contributed by atoms with Gasteiger partial charge in [0.15, 0.2) is 0 Å². The summed E-state index contributed by atoms with van der Waals surface area (Å²) in [5.41, 5.74) is 0. The van der Waals surface area contributed by atoms with Crippen molar-refractivity contribution in [1.29, 1.82) is 0 Å². The van der Waals surface area contributed by atoms with Crippen LogP contribution < -0.4 is 5.32 Å². The van der Waals surface area contributed by atoms with Gasteiger partial charge in [-0.15, -0.1) is 0 Å². The van der Waals surface area contributed by atoms with Crippen LogP contribution in [0, 0.1) is 5.92 Å². The fraction of sp³-hybridized carbons (Fsp3) is 0.875. The van der Waals surface area contributed by atoms with E-state index in [2.05, 4.69) is 12.2 Å². The number of piperazine rings is 1. The number of carbonyl (C=O) groups is 2. The summed E-state index contributed by atoms with van der Waals surface area (Å²) in [6.45, 7) is 4.92. The third-order valence-corrected chi connectivity index (χ3v) is 4.48. The summed E-state index contributed by atoms with van der Waals surface area (Å²) in [4.78, 5) is 26.6. The summed E-state index contributed by atoms with van der Waals surface area (Å²) >= 11 is 0. The molecular weight excluding hydrogens is 252 g/mol. The molecule has 2 amide bonds. The van der Waals surface area contributed by atoms with Gasteiger partial charge in [0, 0.05) is 6.54 Å². The molecule has 0 radical (unpaired) electrons. The Bertz CT molecular complexity index is 352. The standard InChI is InChI=1S/C16H28N2O2/c1-3-5-6-7-8-11-18-14(12-9-10-12)15(19)17-13(4-2)16(18)20/h12-14H,3-11H2,1-2H3,(H,17,19). The number of amides is 2. The van der Waals surface area contributed by atoms with Gasteiger partial charge in [-0.25, -0.2) is 0 Å². The van der Waals surface area contributed by atoms with E-state index in [1.165, 1.54) is 19.3 Å². The molecule has 1 aliphatic heterocycles. The van der Waals surface area contributed by atoms with Crippen LogP contribution in [0.2, 0.25) is 0 Å². The van der Waals surface area contributed by atoms with Crippen molar-refractivity contribution in [3.63, 3.8) is 0 Å². The Kier molecular flexibility index (Phi) is 5.44.